The largest absolute Gasteiger partial charge is 0.348 e. The average molecular weight is 245 g/mol. The number of nitrogens with zero attached hydrogens (tertiary/aromatic N) is 2. The standard InChI is InChI=1S/C13H12FN3O/c1-9-7-15-6-4-10(9)8-17-13(18)11-3-2-5-16-12(11)14/h2-7H,8H2,1H3,(H,17,18). The number of carbonyl (C=O) groups excluding carboxylic acids is 1. The minimum Gasteiger partial charge on any atom is -0.348 e. The van der Waals surface area contributed by atoms with Gasteiger partial charge >= 0.3 is 0 Å². The first-order valence-corrected chi connectivity index (χ1v) is 5.46. The van der Waals surface area contributed by atoms with Crippen LogP contribution in [0.25, 0.3) is 0 Å². The fourth-order valence-corrected chi connectivity index (χ4v) is 1.53. The van der Waals surface area contributed by atoms with Crippen LogP contribution < -0.4 is 5.32 Å². The summed E-state index contributed by atoms with van der Waals surface area (Å²) >= 11 is 0. The Kier molecular flexibility index (Phi) is 3.62. The molecule has 0 aromatic carbocycles. The van der Waals surface area contributed by atoms with Gasteiger partial charge in [0.15, 0.2) is 0 Å². The number of hydrogen-bond acceptors (Lipinski definition) is 3. The van der Waals surface area contributed by atoms with E-state index >= 15 is 0 Å². The molecule has 1 amide bonds. The van der Waals surface area contributed by atoms with Gasteiger partial charge in [-0.1, -0.05) is 0 Å². The molecular weight excluding hydrogens is 233 g/mol. The van der Waals surface area contributed by atoms with E-state index in [2.05, 4.69) is 15.3 Å². The van der Waals surface area contributed by atoms with Gasteiger partial charge in [-0.3, -0.25) is 9.78 Å². The number of hydrogen-bond donors (Lipinski definition) is 1. The number of rotatable bonds is 3. The molecule has 0 unspecified atom stereocenters. The van der Waals surface area contributed by atoms with Gasteiger partial charge in [0.25, 0.3) is 5.91 Å². The van der Waals surface area contributed by atoms with E-state index in [1.165, 1.54) is 18.3 Å². The van der Waals surface area contributed by atoms with Gasteiger partial charge in [0.05, 0.1) is 5.56 Å². The lowest BCUT2D eigenvalue weighted by molar-refractivity contribution is 0.0946. The maximum Gasteiger partial charge on any atom is 0.256 e. The van der Waals surface area contributed by atoms with Gasteiger partial charge in [-0.05, 0) is 36.2 Å². The molecule has 2 aromatic rings. The quantitative estimate of drug-likeness (QED) is 0.840. The first kappa shape index (κ1) is 12.2. The topological polar surface area (TPSA) is 54.9 Å². The summed E-state index contributed by atoms with van der Waals surface area (Å²) in [6, 6.07) is 4.74. The van der Waals surface area contributed by atoms with Gasteiger partial charge in [-0.15, -0.1) is 0 Å². The summed E-state index contributed by atoms with van der Waals surface area (Å²) in [7, 11) is 0. The SMILES string of the molecule is Cc1cnccc1CNC(=O)c1cccnc1F. The Morgan fingerprint density at radius 2 is 2.22 bits per heavy atom. The van der Waals surface area contributed by atoms with Gasteiger partial charge in [0, 0.05) is 25.1 Å². The lowest BCUT2D eigenvalue weighted by Crippen LogP contribution is -2.24. The summed E-state index contributed by atoms with van der Waals surface area (Å²) in [5.41, 5.74) is 1.87. The van der Waals surface area contributed by atoms with Crippen molar-refractivity contribution in [2.24, 2.45) is 0 Å². The van der Waals surface area contributed by atoms with Gasteiger partial charge in [0.1, 0.15) is 0 Å². The predicted octanol–water partition coefficient (Wildman–Crippen LogP) is 1.85. The molecule has 0 spiro atoms. The summed E-state index contributed by atoms with van der Waals surface area (Å²) in [5.74, 6) is -1.24. The van der Waals surface area contributed by atoms with Crippen LogP contribution in [-0.2, 0) is 6.54 Å². The highest BCUT2D eigenvalue weighted by Crippen LogP contribution is 2.06. The molecule has 0 atom stereocenters. The van der Waals surface area contributed by atoms with Crippen LogP contribution in [0.1, 0.15) is 21.5 Å². The molecule has 0 aliphatic rings. The molecule has 2 heterocycles. The highest BCUT2D eigenvalue weighted by Gasteiger charge is 2.11. The lowest BCUT2D eigenvalue weighted by Gasteiger charge is -2.07. The molecule has 1 N–H and O–H groups in total. The predicted molar refractivity (Wildman–Crippen MR) is 64.3 cm³/mol. The van der Waals surface area contributed by atoms with Crippen molar-refractivity contribution in [2.45, 2.75) is 13.5 Å². The van der Waals surface area contributed by atoms with Gasteiger partial charge in [-0.25, -0.2) is 4.98 Å². The zero-order valence-corrected chi connectivity index (χ0v) is 9.85. The second kappa shape index (κ2) is 5.35. The third-order valence-corrected chi connectivity index (χ3v) is 2.58. The van der Waals surface area contributed by atoms with E-state index in [1.54, 1.807) is 12.4 Å². The zero-order chi connectivity index (χ0) is 13.0. The Balaban J connectivity index is 2.06. The molecule has 0 fully saturated rings. The summed E-state index contributed by atoms with van der Waals surface area (Å²) in [4.78, 5) is 19.1. The Morgan fingerprint density at radius 3 is 2.94 bits per heavy atom. The number of aromatic nitrogens is 2. The smallest absolute Gasteiger partial charge is 0.256 e. The van der Waals surface area contributed by atoms with Gasteiger partial charge in [0.2, 0.25) is 5.95 Å². The maximum absolute atomic E-state index is 13.3. The number of aryl methyl sites for hydroxylation is 1. The van der Waals surface area contributed by atoms with Crippen molar-refractivity contribution in [1.29, 1.82) is 0 Å². The van der Waals surface area contributed by atoms with Crippen LogP contribution in [0, 0.1) is 12.9 Å². The number of pyridine rings is 2. The van der Waals surface area contributed by atoms with Crippen molar-refractivity contribution >= 4 is 5.91 Å². The second-order valence-electron chi connectivity index (χ2n) is 3.83. The molecule has 2 aromatic heterocycles. The summed E-state index contributed by atoms with van der Waals surface area (Å²) in [6.45, 7) is 2.24. The number of nitrogens with one attached hydrogen (secondary N) is 1. The third-order valence-electron chi connectivity index (χ3n) is 2.58. The van der Waals surface area contributed by atoms with Gasteiger partial charge < -0.3 is 5.32 Å². The first-order chi connectivity index (χ1) is 8.68. The number of carbonyl (C=O) groups is 1. The van der Waals surface area contributed by atoms with Crippen LogP contribution in [0.4, 0.5) is 4.39 Å². The van der Waals surface area contributed by atoms with Crippen molar-refractivity contribution in [2.75, 3.05) is 0 Å². The van der Waals surface area contributed by atoms with Crippen LogP contribution >= 0.6 is 0 Å². The monoisotopic (exact) mass is 245 g/mol. The lowest BCUT2D eigenvalue weighted by atomic mass is 10.1. The number of amides is 1. The van der Waals surface area contributed by atoms with E-state index in [-0.39, 0.29) is 5.56 Å². The Morgan fingerprint density at radius 1 is 1.39 bits per heavy atom. The van der Waals surface area contributed by atoms with Crippen LogP contribution in [-0.4, -0.2) is 15.9 Å². The van der Waals surface area contributed by atoms with E-state index < -0.39 is 11.9 Å². The highest BCUT2D eigenvalue weighted by atomic mass is 19.1. The minimum atomic E-state index is -0.763. The fourth-order valence-electron chi connectivity index (χ4n) is 1.53. The molecular formula is C13H12FN3O. The van der Waals surface area contributed by atoms with Crippen LogP contribution in [0.3, 0.4) is 0 Å². The normalized spacial score (nSPS) is 10.1. The van der Waals surface area contributed by atoms with E-state index in [4.69, 9.17) is 0 Å². The second-order valence-corrected chi connectivity index (χ2v) is 3.83. The molecule has 18 heavy (non-hydrogen) atoms. The maximum atomic E-state index is 13.3. The van der Waals surface area contributed by atoms with Crippen molar-refractivity contribution in [1.82, 2.24) is 15.3 Å². The molecule has 0 bridgehead atoms. The molecule has 92 valence electrons. The molecule has 0 saturated carbocycles. The Labute approximate surface area is 104 Å². The number of halogens is 1. The summed E-state index contributed by atoms with van der Waals surface area (Å²) in [6.07, 6.45) is 4.67. The summed E-state index contributed by atoms with van der Waals surface area (Å²) < 4.78 is 13.3. The van der Waals surface area contributed by atoms with Crippen LogP contribution in [0.15, 0.2) is 36.8 Å². The van der Waals surface area contributed by atoms with E-state index in [1.807, 2.05) is 13.0 Å². The van der Waals surface area contributed by atoms with Crippen molar-refractivity contribution in [3.8, 4) is 0 Å². The molecule has 0 aliphatic carbocycles. The van der Waals surface area contributed by atoms with Crippen molar-refractivity contribution in [3.63, 3.8) is 0 Å². The fraction of sp³-hybridized carbons (Fsp3) is 0.154. The Hall–Kier alpha value is -2.30. The molecule has 4 nitrogen and oxygen atoms in total. The zero-order valence-electron chi connectivity index (χ0n) is 9.85. The van der Waals surface area contributed by atoms with Crippen molar-refractivity contribution < 1.29 is 9.18 Å². The first-order valence-electron chi connectivity index (χ1n) is 5.46. The molecule has 0 aliphatic heterocycles. The van der Waals surface area contributed by atoms with Crippen LogP contribution in [0.5, 0.6) is 0 Å². The van der Waals surface area contributed by atoms with E-state index in [9.17, 15) is 9.18 Å². The van der Waals surface area contributed by atoms with Crippen LogP contribution in [0.2, 0.25) is 0 Å². The summed E-state index contributed by atoms with van der Waals surface area (Å²) in [5, 5.41) is 2.65. The van der Waals surface area contributed by atoms with E-state index in [0.717, 1.165) is 11.1 Å². The van der Waals surface area contributed by atoms with Crippen molar-refractivity contribution in [3.05, 3.63) is 59.4 Å². The minimum absolute atomic E-state index is 0.0517. The van der Waals surface area contributed by atoms with E-state index in [0.29, 0.717) is 6.54 Å². The molecule has 5 heteroatoms. The molecule has 2 rings (SSSR count). The Bertz CT molecular complexity index is 572. The highest BCUT2D eigenvalue weighted by molar-refractivity contribution is 5.94. The third kappa shape index (κ3) is 2.68. The molecule has 0 saturated heterocycles. The average Bonchev–Trinajstić information content (AvgIpc) is 2.38. The molecule has 0 radical (unpaired) electrons. The van der Waals surface area contributed by atoms with Gasteiger partial charge in [-0.2, -0.15) is 4.39 Å².